The van der Waals surface area contributed by atoms with E-state index in [2.05, 4.69) is 20.5 Å². The molecule has 1 aliphatic heterocycles. The molecule has 2 fully saturated rings. The quantitative estimate of drug-likeness (QED) is 0.788. The fourth-order valence-electron chi connectivity index (χ4n) is 5.11. The van der Waals surface area contributed by atoms with E-state index >= 15 is 0 Å². The number of benzene rings is 1. The molecule has 2 aromatic rings. The maximum atomic E-state index is 13.1. The van der Waals surface area contributed by atoms with Gasteiger partial charge in [0.25, 0.3) is 5.56 Å². The van der Waals surface area contributed by atoms with E-state index in [4.69, 9.17) is 0 Å². The highest BCUT2D eigenvalue weighted by atomic mass is 16.1. The summed E-state index contributed by atoms with van der Waals surface area (Å²) in [5.41, 5.74) is 2.79. The fraction of sp³-hybridized carbons (Fsp3) is 0.652. The van der Waals surface area contributed by atoms with Crippen molar-refractivity contribution >= 4 is 11.0 Å². The van der Waals surface area contributed by atoms with Gasteiger partial charge in [-0.15, -0.1) is 0 Å². The van der Waals surface area contributed by atoms with Crippen LogP contribution in [0.4, 0.5) is 0 Å². The minimum Gasteiger partial charge on any atom is -0.302 e. The third-order valence-electron chi connectivity index (χ3n) is 6.65. The molecule has 0 radical (unpaired) electrons. The van der Waals surface area contributed by atoms with Gasteiger partial charge in [-0.2, -0.15) is 0 Å². The Labute approximate surface area is 162 Å². The van der Waals surface area contributed by atoms with Crippen molar-refractivity contribution in [3.05, 3.63) is 40.3 Å². The summed E-state index contributed by atoms with van der Waals surface area (Å²) in [6, 6.07) is 9.21. The molecular weight excluding hydrogens is 334 g/mol. The molecule has 2 heterocycles. The molecule has 4 rings (SSSR count). The molecule has 1 saturated carbocycles. The van der Waals surface area contributed by atoms with Crippen LogP contribution in [0.3, 0.4) is 0 Å². The molecule has 1 aromatic heterocycles. The second-order valence-corrected chi connectivity index (χ2v) is 8.34. The van der Waals surface area contributed by atoms with Gasteiger partial charge in [0.2, 0.25) is 0 Å². The smallest absolute Gasteiger partial charge is 0.272 e. The number of hydrogen-bond acceptors (Lipinski definition) is 3. The Morgan fingerprint density at radius 3 is 2.30 bits per heavy atom. The van der Waals surface area contributed by atoms with Crippen LogP contribution in [0.15, 0.2) is 29.1 Å². The van der Waals surface area contributed by atoms with E-state index in [-0.39, 0.29) is 5.56 Å². The molecule has 0 amide bonds. The van der Waals surface area contributed by atoms with Crippen LogP contribution >= 0.6 is 0 Å². The van der Waals surface area contributed by atoms with Gasteiger partial charge in [-0.25, -0.2) is 4.98 Å². The lowest BCUT2D eigenvalue weighted by Gasteiger charge is -2.39. The molecule has 0 bridgehead atoms. The van der Waals surface area contributed by atoms with Crippen molar-refractivity contribution in [3.8, 4) is 0 Å². The van der Waals surface area contributed by atoms with Crippen LogP contribution in [-0.4, -0.2) is 33.6 Å². The number of nitrogens with zero attached hydrogens (tertiary/aromatic N) is 3. The highest BCUT2D eigenvalue weighted by Gasteiger charge is 2.27. The van der Waals surface area contributed by atoms with Gasteiger partial charge in [0.15, 0.2) is 0 Å². The van der Waals surface area contributed by atoms with Crippen LogP contribution in [0.1, 0.15) is 76.4 Å². The van der Waals surface area contributed by atoms with Gasteiger partial charge < -0.3 is 9.47 Å². The maximum Gasteiger partial charge on any atom is 0.272 e. The minimum absolute atomic E-state index is 0.126. The average Bonchev–Trinajstić information content (AvgIpc) is 2.68. The Morgan fingerprint density at radius 2 is 1.59 bits per heavy atom. The number of likely N-dealkylation sites (tertiary alicyclic amines) is 1. The molecule has 1 aromatic carbocycles. The molecule has 1 aliphatic carbocycles. The lowest BCUT2D eigenvalue weighted by Crippen LogP contribution is -2.43. The summed E-state index contributed by atoms with van der Waals surface area (Å²) in [6.45, 7) is 4.28. The Hall–Kier alpha value is -1.68. The molecule has 2 aliphatic rings. The average molecular weight is 368 g/mol. The van der Waals surface area contributed by atoms with Gasteiger partial charge in [-0.05, 0) is 44.2 Å². The first kappa shape index (κ1) is 18.7. The number of para-hydroxylation sites is 2. The Bertz CT molecular complexity index is 812. The SMILES string of the molecule is CCc1nc2ccccc2n(C2CCN(C3CCCCCCC3)CC2)c1=O. The van der Waals surface area contributed by atoms with Gasteiger partial charge in [0.05, 0.1) is 11.0 Å². The van der Waals surface area contributed by atoms with Crippen molar-refractivity contribution in [1.82, 2.24) is 14.5 Å². The zero-order chi connectivity index (χ0) is 18.6. The Balaban J connectivity index is 1.54. The molecule has 27 heavy (non-hydrogen) atoms. The lowest BCUT2D eigenvalue weighted by molar-refractivity contribution is 0.116. The summed E-state index contributed by atoms with van der Waals surface area (Å²) < 4.78 is 2.07. The largest absolute Gasteiger partial charge is 0.302 e. The monoisotopic (exact) mass is 367 g/mol. The second kappa shape index (κ2) is 8.55. The van der Waals surface area contributed by atoms with Crippen LogP contribution in [-0.2, 0) is 6.42 Å². The summed E-state index contributed by atoms with van der Waals surface area (Å²) in [7, 11) is 0. The van der Waals surface area contributed by atoms with Crippen LogP contribution < -0.4 is 5.56 Å². The third kappa shape index (κ3) is 3.96. The molecule has 0 spiro atoms. The van der Waals surface area contributed by atoms with Gasteiger partial charge >= 0.3 is 0 Å². The van der Waals surface area contributed by atoms with E-state index in [1.807, 2.05) is 25.1 Å². The van der Waals surface area contributed by atoms with Crippen molar-refractivity contribution in [1.29, 1.82) is 0 Å². The summed E-state index contributed by atoms with van der Waals surface area (Å²) >= 11 is 0. The Kier molecular flexibility index (Phi) is 5.92. The van der Waals surface area contributed by atoms with Crippen molar-refractivity contribution in [2.75, 3.05) is 13.1 Å². The van der Waals surface area contributed by atoms with E-state index in [1.54, 1.807) is 0 Å². The van der Waals surface area contributed by atoms with Crippen LogP contribution in [0.5, 0.6) is 0 Å². The minimum atomic E-state index is 0.126. The first-order valence-electron chi connectivity index (χ1n) is 11.0. The van der Waals surface area contributed by atoms with Crippen molar-refractivity contribution in [3.63, 3.8) is 0 Å². The predicted molar refractivity (Wildman–Crippen MR) is 111 cm³/mol. The molecule has 0 N–H and O–H groups in total. The fourth-order valence-corrected chi connectivity index (χ4v) is 5.11. The summed E-state index contributed by atoms with van der Waals surface area (Å²) in [6.07, 6.45) is 12.6. The first-order valence-corrected chi connectivity index (χ1v) is 11.0. The Morgan fingerprint density at radius 1 is 0.926 bits per heavy atom. The second-order valence-electron chi connectivity index (χ2n) is 8.34. The van der Waals surface area contributed by atoms with Crippen molar-refractivity contribution in [2.24, 2.45) is 0 Å². The van der Waals surface area contributed by atoms with E-state index < -0.39 is 0 Å². The van der Waals surface area contributed by atoms with Crippen LogP contribution in [0, 0.1) is 0 Å². The van der Waals surface area contributed by atoms with Gasteiger partial charge in [0.1, 0.15) is 5.69 Å². The zero-order valence-electron chi connectivity index (χ0n) is 16.7. The van der Waals surface area contributed by atoms with E-state index in [0.29, 0.717) is 18.2 Å². The van der Waals surface area contributed by atoms with Crippen molar-refractivity contribution in [2.45, 2.75) is 83.2 Å². The van der Waals surface area contributed by atoms with E-state index in [1.165, 1.54) is 44.9 Å². The molecule has 1 saturated heterocycles. The molecule has 0 unspecified atom stereocenters. The summed E-state index contributed by atoms with van der Waals surface area (Å²) in [5.74, 6) is 0. The lowest BCUT2D eigenvalue weighted by atomic mass is 9.93. The molecule has 146 valence electrons. The third-order valence-corrected chi connectivity index (χ3v) is 6.65. The van der Waals surface area contributed by atoms with Crippen molar-refractivity contribution < 1.29 is 0 Å². The number of aromatic nitrogens is 2. The highest BCUT2D eigenvalue weighted by Crippen LogP contribution is 2.29. The first-order chi connectivity index (χ1) is 13.3. The van der Waals surface area contributed by atoms with Gasteiger partial charge in [-0.3, -0.25) is 4.79 Å². The number of fused-ring (bicyclic) bond motifs is 1. The zero-order valence-corrected chi connectivity index (χ0v) is 16.7. The predicted octanol–water partition coefficient (Wildman–Crippen LogP) is 4.71. The van der Waals surface area contributed by atoms with E-state index in [9.17, 15) is 4.79 Å². The molecule has 4 nitrogen and oxygen atoms in total. The van der Waals surface area contributed by atoms with Gasteiger partial charge in [-0.1, -0.05) is 51.2 Å². The topological polar surface area (TPSA) is 38.1 Å². The molecule has 0 atom stereocenters. The maximum absolute atomic E-state index is 13.1. The normalized spacial score (nSPS) is 21.2. The summed E-state index contributed by atoms with van der Waals surface area (Å²) in [4.78, 5) is 20.4. The molecule has 4 heteroatoms. The molecular formula is C23H33N3O. The van der Waals surface area contributed by atoms with Crippen LogP contribution in [0.25, 0.3) is 11.0 Å². The summed E-state index contributed by atoms with van der Waals surface area (Å²) in [5, 5.41) is 0. The number of aryl methyl sites for hydroxylation is 1. The highest BCUT2D eigenvalue weighted by molar-refractivity contribution is 5.74. The van der Waals surface area contributed by atoms with Gasteiger partial charge in [0, 0.05) is 25.2 Å². The van der Waals surface area contributed by atoms with E-state index in [0.717, 1.165) is 43.0 Å². The number of hydrogen-bond donors (Lipinski definition) is 0. The number of rotatable bonds is 3. The van der Waals surface area contributed by atoms with Crippen LogP contribution in [0.2, 0.25) is 0 Å². The number of piperidine rings is 1. The standard InChI is InChI=1S/C23H33N3O/c1-2-20-23(27)26(22-13-9-8-12-21(22)24-20)19-14-16-25(17-15-19)18-10-6-4-3-5-7-11-18/h8-9,12-13,18-19H,2-7,10-11,14-17H2,1H3.